The van der Waals surface area contributed by atoms with Gasteiger partial charge in [0.15, 0.2) is 0 Å². The molecule has 5 rings (SSSR count). The Labute approximate surface area is 266 Å². The molecule has 1 heterocycles. The fraction of sp³-hybridized carbons (Fsp3) is 0.286. The predicted octanol–water partition coefficient (Wildman–Crippen LogP) is 5.50. The van der Waals surface area contributed by atoms with Gasteiger partial charge in [0.05, 0.1) is 21.9 Å². The highest BCUT2D eigenvalue weighted by Crippen LogP contribution is 2.31. The van der Waals surface area contributed by atoms with E-state index in [4.69, 9.17) is 0 Å². The summed E-state index contributed by atoms with van der Waals surface area (Å²) in [7, 11) is 0. The Morgan fingerprint density at radius 1 is 0.609 bits per heavy atom. The summed E-state index contributed by atoms with van der Waals surface area (Å²) in [5, 5.41) is 46.8. The normalized spacial score (nSPS) is 20.0. The van der Waals surface area contributed by atoms with Crippen LogP contribution in [0.15, 0.2) is 97.1 Å². The first-order valence-electron chi connectivity index (χ1n) is 15.0. The standard InChI is InChI=1S/C35H36N4O7/c1-23-9-13-25(14-10-23)19-31-33(40)34(41)32(20-26-15-11-24(2)12-16-26)37(22-28-6-4-8-30(18-28)39(45)46)35(42)36(31)21-27-5-3-7-29(17-27)38(43)44/h3-18,31-34,40-41H,19-22H2,1-2H3/t31-,32-,33+,34+/m1/s1. The Morgan fingerprint density at radius 2 is 0.978 bits per heavy atom. The van der Waals surface area contributed by atoms with Crippen molar-refractivity contribution in [3.63, 3.8) is 0 Å². The summed E-state index contributed by atoms with van der Waals surface area (Å²) in [6.45, 7) is 3.74. The van der Waals surface area contributed by atoms with Gasteiger partial charge < -0.3 is 20.0 Å². The molecule has 11 heteroatoms. The minimum absolute atomic E-state index is 0.0799. The lowest BCUT2D eigenvalue weighted by atomic mass is 9.90. The maximum absolute atomic E-state index is 14.8. The first kappa shape index (κ1) is 32.3. The van der Waals surface area contributed by atoms with Gasteiger partial charge in [0.1, 0.15) is 12.2 Å². The first-order chi connectivity index (χ1) is 22.0. The molecule has 0 aliphatic carbocycles. The molecule has 0 radical (unpaired) electrons. The maximum atomic E-state index is 14.8. The molecule has 2 amide bonds. The van der Waals surface area contributed by atoms with E-state index in [1.807, 2.05) is 62.4 Å². The Morgan fingerprint density at radius 3 is 1.33 bits per heavy atom. The number of aryl methyl sites for hydroxylation is 2. The zero-order valence-electron chi connectivity index (χ0n) is 25.6. The molecular formula is C35H36N4O7. The van der Waals surface area contributed by atoms with E-state index in [2.05, 4.69) is 0 Å². The van der Waals surface area contributed by atoms with Crippen molar-refractivity contribution in [1.29, 1.82) is 0 Å². The Balaban J connectivity index is 1.61. The van der Waals surface area contributed by atoms with E-state index in [-0.39, 0.29) is 37.3 Å². The minimum Gasteiger partial charge on any atom is -0.388 e. The summed E-state index contributed by atoms with van der Waals surface area (Å²) >= 11 is 0. The van der Waals surface area contributed by atoms with Crippen LogP contribution in [-0.2, 0) is 25.9 Å². The van der Waals surface area contributed by atoms with Crippen LogP contribution in [0.5, 0.6) is 0 Å². The van der Waals surface area contributed by atoms with Crippen LogP contribution < -0.4 is 0 Å². The van der Waals surface area contributed by atoms with Crippen molar-refractivity contribution in [2.24, 2.45) is 0 Å². The predicted molar refractivity (Wildman–Crippen MR) is 172 cm³/mol. The summed E-state index contributed by atoms with van der Waals surface area (Å²) in [5.74, 6) is 0. The van der Waals surface area contributed by atoms with Crippen LogP contribution in [0.2, 0.25) is 0 Å². The third-order valence-electron chi connectivity index (χ3n) is 8.51. The quantitative estimate of drug-likeness (QED) is 0.175. The number of urea groups is 1. The number of aliphatic hydroxyl groups excluding tert-OH is 2. The molecule has 0 saturated carbocycles. The number of hydrogen-bond acceptors (Lipinski definition) is 7. The minimum atomic E-state index is -1.39. The van der Waals surface area contributed by atoms with Crippen LogP contribution >= 0.6 is 0 Å². The van der Waals surface area contributed by atoms with E-state index < -0.39 is 40.2 Å². The van der Waals surface area contributed by atoms with Gasteiger partial charge in [0.25, 0.3) is 11.4 Å². The van der Waals surface area contributed by atoms with Gasteiger partial charge >= 0.3 is 6.03 Å². The number of hydrogen-bond donors (Lipinski definition) is 2. The van der Waals surface area contributed by atoms with Crippen molar-refractivity contribution in [3.05, 3.63) is 151 Å². The second-order valence-electron chi connectivity index (χ2n) is 11.9. The Kier molecular flexibility index (Phi) is 9.74. The summed E-state index contributed by atoms with van der Waals surface area (Å²) in [4.78, 5) is 39.8. The van der Waals surface area contributed by atoms with E-state index >= 15 is 0 Å². The SMILES string of the molecule is Cc1ccc(C[C@@H]2[C@H](O)[C@@H](O)[C@@H](Cc3ccc(C)cc3)N(Cc3cccc([N+](=O)[O-])c3)C(=O)N2Cc2cccc([N+](=O)[O-])c2)cc1. The monoisotopic (exact) mass is 624 g/mol. The molecule has 2 N–H and O–H groups in total. The van der Waals surface area contributed by atoms with Crippen LogP contribution in [-0.4, -0.2) is 60.2 Å². The lowest BCUT2D eigenvalue weighted by molar-refractivity contribution is -0.385. The van der Waals surface area contributed by atoms with E-state index in [1.165, 1.54) is 46.2 Å². The van der Waals surface area contributed by atoms with Crippen molar-refractivity contribution >= 4 is 17.4 Å². The highest BCUT2D eigenvalue weighted by atomic mass is 16.6. The number of rotatable bonds is 10. The molecule has 1 fully saturated rings. The van der Waals surface area contributed by atoms with Crippen molar-refractivity contribution in [2.75, 3.05) is 0 Å². The van der Waals surface area contributed by atoms with Gasteiger partial charge in [-0.1, -0.05) is 83.9 Å². The molecule has 0 unspecified atom stereocenters. The summed E-state index contributed by atoms with van der Waals surface area (Å²) in [6.07, 6.45) is -2.37. The zero-order valence-corrected chi connectivity index (χ0v) is 25.6. The second-order valence-corrected chi connectivity index (χ2v) is 11.9. The number of nitrogens with zero attached hydrogens (tertiary/aromatic N) is 4. The molecule has 238 valence electrons. The topological polar surface area (TPSA) is 150 Å². The molecular weight excluding hydrogens is 588 g/mol. The smallest absolute Gasteiger partial charge is 0.321 e. The second kappa shape index (κ2) is 13.9. The number of carbonyl (C=O) groups is 1. The number of benzene rings is 4. The molecule has 1 aliphatic heterocycles. The molecule has 4 aromatic rings. The van der Waals surface area contributed by atoms with Gasteiger partial charge in [0.2, 0.25) is 0 Å². The number of carbonyl (C=O) groups excluding carboxylic acids is 1. The molecule has 1 aliphatic rings. The van der Waals surface area contributed by atoms with Crippen molar-refractivity contribution in [3.8, 4) is 0 Å². The van der Waals surface area contributed by atoms with E-state index in [0.29, 0.717) is 11.1 Å². The number of non-ortho nitro benzene ring substituents is 2. The zero-order chi connectivity index (χ0) is 33.0. The number of nitro benzene ring substituents is 2. The number of aliphatic hydroxyl groups is 2. The third-order valence-corrected chi connectivity index (χ3v) is 8.51. The highest BCUT2D eigenvalue weighted by molar-refractivity contribution is 5.76. The van der Waals surface area contributed by atoms with E-state index in [9.17, 15) is 35.2 Å². The van der Waals surface area contributed by atoms with Crippen LogP contribution in [0.1, 0.15) is 33.4 Å². The van der Waals surface area contributed by atoms with Crippen LogP contribution in [0, 0.1) is 34.1 Å². The molecule has 4 atom stereocenters. The largest absolute Gasteiger partial charge is 0.388 e. The molecule has 0 aromatic heterocycles. The van der Waals surface area contributed by atoms with Gasteiger partial charge in [0, 0.05) is 37.4 Å². The van der Waals surface area contributed by atoms with E-state index in [1.54, 1.807) is 12.1 Å². The highest BCUT2D eigenvalue weighted by Gasteiger charge is 2.46. The van der Waals surface area contributed by atoms with Gasteiger partial charge in [-0.25, -0.2) is 4.79 Å². The Bertz CT molecular complexity index is 1590. The van der Waals surface area contributed by atoms with Crippen molar-refractivity contribution in [2.45, 2.75) is 64.1 Å². The number of nitro groups is 2. The lowest BCUT2D eigenvalue weighted by Gasteiger charge is -2.35. The van der Waals surface area contributed by atoms with Crippen LogP contribution in [0.4, 0.5) is 16.2 Å². The summed E-state index contributed by atoms with van der Waals surface area (Å²) in [5.41, 5.74) is 4.42. The van der Waals surface area contributed by atoms with Crippen LogP contribution in [0.3, 0.4) is 0 Å². The molecule has 46 heavy (non-hydrogen) atoms. The Hall–Kier alpha value is -5.13. The summed E-state index contributed by atoms with van der Waals surface area (Å²) in [6, 6.07) is 24.9. The van der Waals surface area contributed by atoms with Crippen molar-refractivity contribution in [1.82, 2.24) is 9.80 Å². The van der Waals surface area contributed by atoms with Gasteiger partial charge in [-0.2, -0.15) is 0 Å². The average Bonchev–Trinajstić information content (AvgIpc) is 3.10. The average molecular weight is 625 g/mol. The fourth-order valence-electron chi connectivity index (χ4n) is 5.97. The van der Waals surface area contributed by atoms with Gasteiger partial charge in [-0.05, 0) is 48.9 Å². The molecule has 0 bridgehead atoms. The van der Waals surface area contributed by atoms with E-state index in [0.717, 1.165) is 22.3 Å². The molecule has 4 aromatic carbocycles. The lowest BCUT2D eigenvalue weighted by Crippen LogP contribution is -2.50. The first-order valence-corrected chi connectivity index (χ1v) is 15.0. The van der Waals surface area contributed by atoms with Gasteiger partial charge in [-0.3, -0.25) is 20.2 Å². The fourth-order valence-corrected chi connectivity index (χ4v) is 5.97. The third kappa shape index (κ3) is 7.39. The van der Waals surface area contributed by atoms with Crippen LogP contribution in [0.25, 0.3) is 0 Å². The molecule has 1 saturated heterocycles. The number of amides is 2. The van der Waals surface area contributed by atoms with Crippen molar-refractivity contribution < 1.29 is 24.9 Å². The van der Waals surface area contributed by atoms with Gasteiger partial charge in [-0.15, -0.1) is 0 Å². The molecule has 0 spiro atoms. The maximum Gasteiger partial charge on any atom is 0.321 e. The summed E-state index contributed by atoms with van der Waals surface area (Å²) < 4.78 is 0. The molecule has 11 nitrogen and oxygen atoms in total.